The van der Waals surface area contributed by atoms with Crippen molar-refractivity contribution in [3.05, 3.63) is 90.8 Å². The predicted molar refractivity (Wildman–Crippen MR) is 146 cm³/mol. The minimum atomic E-state index is -1.14. The van der Waals surface area contributed by atoms with Crippen molar-refractivity contribution in [2.45, 2.75) is 24.9 Å². The molecule has 2 fully saturated rings. The number of esters is 1. The van der Waals surface area contributed by atoms with E-state index < -0.39 is 17.5 Å². The molecule has 0 aliphatic carbocycles. The number of H-pyrrole nitrogens is 1. The predicted octanol–water partition coefficient (Wildman–Crippen LogP) is 3.66. The van der Waals surface area contributed by atoms with Gasteiger partial charge in [0.15, 0.2) is 0 Å². The molecule has 202 valence electrons. The number of imide groups is 1. The number of likely N-dealkylation sites (tertiary alicyclic amines) is 1. The van der Waals surface area contributed by atoms with Gasteiger partial charge < -0.3 is 9.72 Å². The lowest BCUT2D eigenvalue weighted by Gasteiger charge is -2.41. The molecule has 3 amide bonds. The molecule has 0 saturated carbocycles. The van der Waals surface area contributed by atoms with Gasteiger partial charge in [-0.2, -0.15) is 0 Å². The number of anilines is 2. The molecular formula is C29H27N7O4. The summed E-state index contributed by atoms with van der Waals surface area (Å²) in [6.45, 7) is 1.39. The topological polar surface area (TPSA) is 125 Å². The van der Waals surface area contributed by atoms with E-state index in [1.165, 1.54) is 23.2 Å². The monoisotopic (exact) mass is 537 g/mol. The van der Waals surface area contributed by atoms with Gasteiger partial charge in [-0.05, 0) is 42.2 Å². The SMILES string of the molecule is COC(=O)c1[nH]cnc1CN1CCC2(CC1)C(=O)N(c1ccc(-c3ccccc3)cc1)C(=O)N2c1ncccn1. The number of imidazole rings is 1. The second kappa shape index (κ2) is 10.3. The van der Waals surface area contributed by atoms with E-state index in [2.05, 4.69) is 24.8 Å². The second-order valence-electron chi connectivity index (χ2n) is 9.74. The Kier molecular flexibility index (Phi) is 6.56. The fourth-order valence-corrected chi connectivity index (χ4v) is 5.47. The number of aromatic amines is 1. The van der Waals surface area contributed by atoms with Gasteiger partial charge in [0.1, 0.15) is 11.2 Å². The van der Waals surface area contributed by atoms with E-state index in [4.69, 9.17) is 4.74 Å². The summed E-state index contributed by atoms with van der Waals surface area (Å²) in [5, 5.41) is 0. The number of aromatic nitrogens is 4. The third kappa shape index (κ3) is 4.30. The van der Waals surface area contributed by atoms with Gasteiger partial charge in [0.05, 0.1) is 24.8 Å². The van der Waals surface area contributed by atoms with E-state index in [0.29, 0.717) is 49.6 Å². The lowest BCUT2D eigenvalue weighted by molar-refractivity contribution is -0.123. The zero-order chi connectivity index (χ0) is 27.7. The molecule has 0 atom stereocenters. The lowest BCUT2D eigenvalue weighted by atomic mass is 9.85. The molecule has 4 heterocycles. The number of hydrogen-bond acceptors (Lipinski definition) is 8. The fraction of sp³-hybridized carbons (Fsp3) is 0.241. The van der Waals surface area contributed by atoms with E-state index >= 15 is 0 Å². The highest BCUT2D eigenvalue weighted by Gasteiger charge is 2.60. The number of rotatable bonds is 6. The molecule has 2 aliphatic rings. The Morgan fingerprint density at radius 2 is 1.60 bits per heavy atom. The van der Waals surface area contributed by atoms with Crippen molar-refractivity contribution in [2.75, 3.05) is 30.0 Å². The second-order valence-corrected chi connectivity index (χ2v) is 9.74. The molecule has 11 heteroatoms. The first kappa shape index (κ1) is 25.4. The maximum atomic E-state index is 14.1. The van der Waals surface area contributed by atoms with Crippen molar-refractivity contribution < 1.29 is 19.1 Å². The third-order valence-corrected chi connectivity index (χ3v) is 7.56. The van der Waals surface area contributed by atoms with Crippen molar-refractivity contribution in [1.82, 2.24) is 24.8 Å². The molecule has 1 spiro atoms. The average molecular weight is 538 g/mol. The largest absolute Gasteiger partial charge is 0.464 e. The maximum Gasteiger partial charge on any atom is 0.356 e. The van der Waals surface area contributed by atoms with Crippen molar-refractivity contribution in [2.24, 2.45) is 0 Å². The van der Waals surface area contributed by atoms with Crippen LogP contribution in [0.4, 0.5) is 16.4 Å². The molecule has 2 aliphatic heterocycles. The number of nitrogens with one attached hydrogen (secondary N) is 1. The Morgan fingerprint density at radius 3 is 2.27 bits per heavy atom. The summed E-state index contributed by atoms with van der Waals surface area (Å²) in [6, 6.07) is 18.5. The van der Waals surface area contributed by atoms with Crippen molar-refractivity contribution >= 4 is 29.5 Å². The number of nitrogens with zero attached hydrogens (tertiary/aromatic N) is 6. The first-order valence-electron chi connectivity index (χ1n) is 13.0. The van der Waals surface area contributed by atoms with Crippen LogP contribution in [0.1, 0.15) is 29.0 Å². The Bertz CT molecular complexity index is 1530. The summed E-state index contributed by atoms with van der Waals surface area (Å²) >= 11 is 0. The van der Waals surface area contributed by atoms with Crippen LogP contribution in [0.15, 0.2) is 79.4 Å². The number of hydrogen-bond donors (Lipinski definition) is 1. The number of amides is 3. The van der Waals surface area contributed by atoms with Crippen LogP contribution in [0.3, 0.4) is 0 Å². The minimum Gasteiger partial charge on any atom is -0.464 e. The molecule has 4 aromatic rings. The standard InChI is InChI=1S/C29H27N7O4/c1-40-25(37)24-23(32-19-33-24)18-34-16-12-29(13-17-34)26(38)35(28(39)36(29)27-30-14-5-15-31-27)22-10-8-21(9-11-22)20-6-3-2-4-7-20/h2-11,14-15,19H,12-13,16-18H2,1H3,(H,32,33). The summed E-state index contributed by atoms with van der Waals surface area (Å²) in [5.41, 5.74) is 2.26. The molecule has 0 unspecified atom stereocenters. The first-order valence-corrected chi connectivity index (χ1v) is 13.0. The van der Waals surface area contributed by atoms with Crippen LogP contribution in [-0.4, -0.2) is 68.5 Å². The maximum absolute atomic E-state index is 14.1. The summed E-state index contributed by atoms with van der Waals surface area (Å²) in [5.74, 6) is -0.594. The van der Waals surface area contributed by atoms with E-state index in [0.717, 1.165) is 11.1 Å². The Balaban J connectivity index is 1.28. The fourth-order valence-electron chi connectivity index (χ4n) is 5.47. The molecule has 2 aromatic heterocycles. The molecule has 6 rings (SSSR count). The molecule has 40 heavy (non-hydrogen) atoms. The Morgan fingerprint density at radius 1 is 0.925 bits per heavy atom. The van der Waals surface area contributed by atoms with E-state index in [1.54, 1.807) is 30.6 Å². The van der Waals surface area contributed by atoms with E-state index in [9.17, 15) is 14.4 Å². The number of urea groups is 1. The lowest BCUT2D eigenvalue weighted by Crippen LogP contribution is -2.57. The minimum absolute atomic E-state index is 0.193. The van der Waals surface area contributed by atoms with Gasteiger partial charge in [-0.1, -0.05) is 42.5 Å². The van der Waals surface area contributed by atoms with Crippen molar-refractivity contribution in [1.29, 1.82) is 0 Å². The zero-order valence-corrected chi connectivity index (χ0v) is 21.9. The highest BCUT2D eigenvalue weighted by Crippen LogP contribution is 2.41. The van der Waals surface area contributed by atoms with Crippen molar-refractivity contribution in [3.8, 4) is 11.1 Å². The van der Waals surface area contributed by atoms with Gasteiger partial charge in [-0.3, -0.25) is 9.69 Å². The quantitative estimate of drug-likeness (QED) is 0.292. The number of piperidine rings is 1. The molecule has 2 saturated heterocycles. The van der Waals surface area contributed by atoms with Gasteiger partial charge >= 0.3 is 12.0 Å². The number of methoxy groups -OCH3 is 1. The number of carbonyl (C=O) groups is 3. The molecule has 11 nitrogen and oxygen atoms in total. The summed E-state index contributed by atoms with van der Waals surface area (Å²) in [4.78, 5) is 60.7. The smallest absolute Gasteiger partial charge is 0.356 e. The molecular weight excluding hydrogens is 510 g/mol. The molecule has 2 aromatic carbocycles. The van der Waals surface area contributed by atoms with Crippen molar-refractivity contribution in [3.63, 3.8) is 0 Å². The summed E-state index contributed by atoms with van der Waals surface area (Å²) < 4.78 is 4.84. The molecule has 0 bridgehead atoms. The van der Waals surface area contributed by atoms with Crippen LogP contribution in [0.25, 0.3) is 11.1 Å². The Hall–Kier alpha value is -4.90. The van der Waals surface area contributed by atoms with Gasteiger partial charge in [0.2, 0.25) is 5.95 Å². The van der Waals surface area contributed by atoms with Crippen LogP contribution in [0.5, 0.6) is 0 Å². The van der Waals surface area contributed by atoms with Crippen LogP contribution >= 0.6 is 0 Å². The highest BCUT2D eigenvalue weighted by atomic mass is 16.5. The average Bonchev–Trinajstić information content (AvgIpc) is 3.55. The normalized spacial score (nSPS) is 17.0. The van der Waals surface area contributed by atoms with Gasteiger partial charge in [-0.25, -0.2) is 34.3 Å². The first-order chi connectivity index (χ1) is 19.5. The Labute approximate surface area is 230 Å². The van der Waals surface area contributed by atoms with Gasteiger partial charge in [0.25, 0.3) is 5.91 Å². The van der Waals surface area contributed by atoms with Crippen LogP contribution in [-0.2, 0) is 16.1 Å². The van der Waals surface area contributed by atoms with Crippen LogP contribution in [0, 0.1) is 0 Å². The number of carbonyl (C=O) groups excluding carboxylic acids is 3. The van der Waals surface area contributed by atoms with Crippen LogP contribution < -0.4 is 9.80 Å². The van der Waals surface area contributed by atoms with E-state index in [1.807, 2.05) is 42.5 Å². The summed E-state index contributed by atoms with van der Waals surface area (Å²) in [6.07, 6.45) is 5.32. The highest BCUT2D eigenvalue weighted by molar-refractivity contribution is 6.30. The van der Waals surface area contributed by atoms with Gasteiger partial charge in [-0.15, -0.1) is 0 Å². The number of ether oxygens (including phenoxy) is 1. The molecule has 0 radical (unpaired) electrons. The third-order valence-electron chi connectivity index (χ3n) is 7.56. The van der Waals surface area contributed by atoms with Crippen LogP contribution in [0.2, 0.25) is 0 Å². The molecule has 1 N–H and O–H groups in total. The zero-order valence-electron chi connectivity index (χ0n) is 21.9. The summed E-state index contributed by atoms with van der Waals surface area (Å²) in [7, 11) is 1.32. The van der Waals surface area contributed by atoms with Gasteiger partial charge in [0, 0.05) is 32.0 Å². The number of benzene rings is 2. The van der Waals surface area contributed by atoms with E-state index in [-0.39, 0.29) is 11.9 Å².